The minimum absolute atomic E-state index is 0.0525. The molecule has 0 atom stereocenters. The molecule has 25 heavy (non-hydrogen) atoms. The zero-order chi connectivity index (χ0) is 18.0. The van der Waals surface area contributed by atoms with E-state index in [4.69, 9.17) is 32.1 Å². The molecule has 2 aromatic heterocycles. The summed E-state index contributed by atoms with van der Waals surface area (Å²) in [5, 5.41) is 4.50. The number of benzene rings is 1. The third-order valence-corrected chi connectivity index (χ3v) is 3.95. The number of hydrazine groups is 1. The normalized spacial score (nSPS) is 10.5. The van der Waals surface area contributed by atoms with Crippen molar-refractivity contribution in [1.29, 1.82) is 0 Å². The van der Waals surface area contributed by atoms with E-state index in [1.807, 2.05) is 0 Å². The number of halogens is 2. The molecule has 3 aromatic rings. The van der Waals surface area contributed by atoms with E-state index in [0.29, 0.717) is 15.6 Å². The molecule has 0 aliphatic carbocycles. The second-order valence-electron chi connectivity index (χ2n) is 4.94. The molecule has 0 saturated carbocycles. The SMILES string of the molecule is Cc1onc(-c2c(Cl)cccc2Cl)c1C(=O)NNC(=O)c1ccco1. The maximum atomic E-state index is 12.5. The van der Waals surface area contributed by atoms with Gasteiger partial charge in [-0.05, 0) is 31.2 Å². The highest BCUT2D eigenvalue weighted by Gasteiger charge is 2.25. The minimum atomic E-state index is -0.635. The predicted octanol–water partition coefficient (Wildman–Crippen LogP) is 3.62. The second-order valence-corrected chi connectivity index (χ2v) is 5.76. The first-order chi connectivity index (χ1) is 12.0. The molecule has 3 rings (SSSR count). The lowest BCUT2D eigenvalue weighted by atomic mass is 10.1. The van der Waals surface area contributed by atoms with Crippen molar-refractivity contribution in [2.75, 3.05) is 0 Å². The highest BCUT2D eigenvalue weighted by Crippen LogP contribution is 2.36. The summed E-state index contributed by atoms with van der Waals surface area (Å²) >= 11 is 12.3. The van der Waals surface area contributed by atoms with Crippen molar-refractivity contribution in [1.82, 2.24) is 16.0 Å². The van der Waals surface area contributed by atoms with Crippen LogP contribution in [-0.4, -0.2) is 17.0 Å². The Labute approximate surface area is 151 Å². The van der Waals surface area contributed by atoms with E-state index < -0.39 is 11.8 Å². The fourth-order valence-electron chi connectivity index (χ4n) is 2.18. The van der Waals surface area contributed by atoms with E-state index in [2.05, 4.69) is 16.0 Å². The highest BCUT2D eigenvalue weighted by atomic mass is 35.5. The molecule has 0 spiro atoms. The van der Waals surface area contributed by atoms with Crippen molar-refractivity contribution < 1.29 is 18.5 Å². The van der Waals surface area contributed by atoms with Gasteiger partial charge in [0, 0.05) is 5.56 Å². The van der Waals surface area contributed by atoms with Gasteiger partial charge in [-0.25, -0.2) is 0 Å². The predicted molar refractivity (Wildman–Crippen MR) is 90.3 cm³/mol. The maximum Gasteiger partial charge on any atom is 0.305 e. The van der Waals surface area contributed by atoms with Gasteiger partial charge in [-0.3, -0.25) is 20.4 Å². The van der Waals surface area contributed by atoms with Gasteiger partial charge in [0.1, 0.15) is 17.0 Å². The summed E-state index contributed by atoms with van der Waals surface area (Å²) in [6.45, 7) is 1.56. The van der Waals surface area contributed by atoms with Crippen molar-refractivity contribution in [3.8, 4) is 11.3 Å². The van der Waals surface area contributed by atoms with Gasteiger partial charge in [-0.15, -0.1) is 0 Å². The number of hydrogen-bond acceptors (Lipinski definition) is 5. The van der Waals surface area contributed by atoms with Crippen LogP contribution in [0.5, 0.6) is 0 Å². The monoisotopic (exact) mass is 379 g/mol. The lowest BCUT2D eigenvalue weighted by Crippen LogP contribution is -2.41. The van der Waals surface area contributed by atoms with Crippen molar-refractivity contribution in [3.63, 3.8) is 0 Å². The van der Waals surface area contributed by atoms with Crippen LogP contribution < -0.4 is 10.9 Å². The summed E-state index contributed by atoms with van der Waals surface area (Å²) in [5.41, 5.74) is 5.17. The molecule has 2 N–H and O–H groups in total. The molecule has 128 valence electrons. The molecule has 9 heteroatoms. The summed E-state index contributed by atoms with van der Waals surface area (Å²) in [4.78, 5) is 24.3. The molecular weight excluding hydrogens is 369 g/mol. The highest BCUT2D eigenvalue weighted by molar-refractivity contribution is 6.39. The van der Waals surface area contributed by atoms with Gasteiger partial charge in [0.2, 0.25) is 0 Å². The second kappa shape index (κ2) is 7.00. The van der Waals surface area contributed by atoms with Gasteiger partial charge in [-0.2, -0.15) is 0 Å². The first-order valence-electron chi connectivity index (χ1n) is 7.04. The van der Waals surface area contributed by atoms with Crippen LogP contribution in [0.2, 0.25) is 10.0 Å². The maximum absolute atomic E-state index is 12.5. The molecule has 0 unspecified atom stereocenters. The Balaban J connectivity index is 1.87. The van der Waals surface area contributed by atoms with Gasteiger partial charge >= 0.3 is 5.91 Å². The third kappa shape index (κ3) is 3.38. The smallest absolute Gasteiger partial charge is 0.305 e. The summed E-state index contributed by atoms with van der Waals surface area (Å²) in [6.07, 6.45) is 1.35. The Morgan fingerprint density at radius 2 is 1.72 bits per heavy atom. The number of nitrogens with zero attached hydrogens (tertiary/aromatic N) is 1. The molecular formula is C16H11Cl2N3O4. The van der Waals surface area contributed by atoms with Gasteiger partial charge in [0.05, 0.1) is 16.3 Å². The van der Waals surface area contributed by atoms with E-state index in [-0.39, 0.29) is 22.8 Å². The zero-order valence-corrected chi connectivity index (χ0v) is 14.3. The van der Waals surface area contributed by atoms with Gasteiger partial charge in [-0.1, -0.05) is 34.4 Å². The van der Waals surface area contributed by atoms with Crippen LogP contribution in [-0.2, 0) is 0 Å². The van der Waals surface area contributed by atoms with E-state index >= 15 is 0 Å². The van der Waals surface area contributed by atoms with Crippen LogP contribution in [0.3, 0.4) is 0 Å². The fourth-order valence-corrected chi connectivity index (χ4v) is 2.76. The first-order valence-corrected chi connectivity index (χ1v) is 7.79. The number of rotatable bonds is 3. The van der Waals surface area contributed by atoms with Crippen LogP contribution in [0, 0.1) is 6.92 Å². The fraction of sp³-hybridized carbons (Fsp3) is 0.0625. The molecule has 0 radical (unpaired) electrons. The molecule has 2 heterocycles. The molecule has 2 amide bonds. The molecule has 0 saturated heterocycles. The molecule has 0 bridgehead atoms. The number of carbonyl (C=O) groups excluding carboxylic acids is 2. The van der Waals surface area contributed by atoms with E-state index in [1.165, 1.54) is 12.3 Å². The van der Waals surface area contributed by atoms with Gasteiger partial charge in [0.25, 0.3) is 5.91 Å². The average Bonchev–Trinajstić information content (AvgIpc) is 3.22. The number of carbonyl (C=O) groups is 2. The molecule has 0 aliphatic rings. The molecule has 0 aliphatic heterocycles. The number of hydrogen-bond donors (Lipinski definition) is 2. The summed E-state index contributed by atoms with van der Waals surface area (Å²) in [6, 6.07) is 7.92. The van der Waals surface area contributed by atoms with Crippen LogP contribution in [0.4, 0.5) is 0 Å². The van der Waals surface area contributed by atoms with E-state index in [0.717, 1.165) is 0 Å². The zero-order valence-electron chi connectivity index (χ0n) is 12.8. The quantitative estimate of drug-likeness (QED) is 0.677. The minimum Gasteiger partial charge on any atom is -0.459 e. The van der Waals surface area contributed by atoms with Crippen LogP contribution in [0.15, 0.2) is 45.5 Å². The Bertz CT molecular complexity index is 915. The molecule has 1 aromatic carbocycles. The third-order valence-electron chi connectivity index (χ3n) is 3.32. The van der Waals surface area contributed by atoms with Crippen LogP contribution >= 0.6 is 23.2 Å². The van der Waals surface area contributed by atoms with Crippen LogP contribution in [0.1, 0.15) is 26.7 Å². The first kappa shape index (κ1) is 17.1. The largest absolute Gasteiger partial charge is 0.459 e. The Hall–Kier alpha value is -2.77. The van der Waals surface area contributed by atoms with Crippen molar-refractivity contribution in [2.24, 2.45) is 0 Å². The Morgan fingerprint density at radius 3 is 2.36 bits per heavy atom. The molecule has 7 nitrogen and oxygen atoms in total. The lowest BCUT2D eigenvalue weighted by molar-refractivity contribution is 0.0830. The lowest BCUT2D eigenvalue weighted by Gasteiger charge is -2.08. The Kier molecular flexibility index (Phi) is 4.78. The van der Waals surface area contributed by atoms with Crippen molar-refractivity contribution in [2.45, 2.75) is 6.92 Å². The van der Waals surface area contributed by atoms with Gasteiger partial charge in [0.15, 0.2) is 5.76 Å². The van der Waals surface area contributed by atoms with Gasteiger partial charge < -0.3 is 8.94 Å². The van der Waals surface area contributed by atoms with E-state index in [1.54, 1.807) is 31.2 Å². The average molecular weight is 380 g/mol. The standard InChI is InChI=1S/C16H11Cl2N3O4/c1-8-12(16(23)20-19-15(22)11-6-3-7-24-11)14(21-25-8)13-9(17)4-2-5-10(13)18/h2-7H,1H3,(H,19,22)(H,20,23). The number of aromatic nitrogens is 1. The van der Waals surface area contributed by atoms with Crippen molar-refractivity contribution >= 4 is 35.0 Å². The topological polar surface area (TPSA) is 97.4 Å². The molecule has 0 fully saturated rings. The Morgan fingerprint density at radius 1 is 1.04 bits per heavy atom. The number of amides is 2. The number of nitrogens with one attached hydrogen (secondary N) is 2. The van der Waals surface area contributed by atoms with E-state index in [9.17, 15) is 9.59 Å². The number of furan rings is 1. The summed E-state index contributed by atoms with van der Waals surface area (Å²) in [5.74, 6) is -0.943. The summed E-state index contributed by atoms with van der Waals surface area (Å²) in [7, 11) is 0. The van der Waals surface area contributed by atoms with Crippen molar-refractivity contribution in [3.05, 3.63) is 63.7 Å². The number of aryl methyl sites for hydroxylation is 1. The van der Waals surface area contributed by atoms with Crippen LogP contribution in [0.25, 0.3) is 11.3 Å². The summed E-state index contributed by atoms with van der Waals surface area (Å²) < 4.78 is 10.0.